The summed E-state index contributed by atoms with van der Waals surface area (Å²) < 4.78 is 45.0. The molecule has 1 amide bonds. The number of aromatic nitrogens is 1. The number of aryl methyl sites for hydroxylation is 1. The molecule has 3 aromatic rings. The highest BCUT2D eigenvalue weighted by molar-refractivity contribution is 7.92. The minimum absolute atomic E-state index is 0.0429. The van der Waals surface area contributed by atoms with Gasteiger partial charge in [0, 0.05) is 31.2 Å². The Morgan fingerprint density at radius 2 is 1.75 bits per heavy atom. The van der Waals surface area contributed by atoms with Crippen molar-refractivity contribution in [3.05, 3.63) is 78.5 Å². The largest absolute Gasteiger partial charge is 0.493 e. The van der Waals surface area contributed by atoms with Crippen LogP contribution in [-0.4, -0.2) is 49.1 Å². The van der Waals surface area contributed by atoms with E-state index >= 15 is 0 Å². The van der Waals surface area contributed by atoms with E-state index in [0.29, 0.717) is 30.2 Å². The van der Waals surface area contributed by atoms with E-state index in [0.717, 1.165) is 25.7 Å². The lowest BCUT2D eigenvalue weighted by atomic mass is 10.1. The number of nitrogens with one attached hydrogen (secondary N) is 1. The zero-order valence-corrected chi connectivity index (χ0v) is 23.4. The van der Waals surface area contributed by atoms with Crippen molar-refractivity contribution in [2.24, 2.45) is 0 Å². The number of sulfone groups is 1. The first-order valence-electron chi connectivity index (χ1n) is 13.5. The highest BCUT2D eigenvalue weighted by Crippen LogP contribution is 2.36. The van der Waals surface area contributed by atoms with Crippen molar-refractivity contribution < 1.29 is 32.6 Å². The third-order valence-corrected chi connectivity index (χ3v) is 9.27. The van der Waals surface area contributed by atoms with E-state index in [9.17, 15) is 13.2 Å². The maximum Gasteiger partial charge on any atom is 0.244 e. The van der Waals surface area contributed by atoms with Gasteiger partial charge in [-0.15, -0.1) is 0 Å². The standard InChI is InChI=1S/C30H36N2O7S/c1-37-27-17-16-26(20-28(27)38-23-14-15-24(19-23)39-30-13-7-8-18-31-30)40(35,36)25(21-29(33)32-34)12-6-5-11-22-9-3-2-4-10-22/h2-4,7-10,13,16-18,20,23-25,34H,5-6,11-12,14-15,19,21H2,1H3,(H,32,33)/t23-,24+,25?/m1/s1. The van der Waals surface area contributed by atoms with E-state index in [4.69, 9.17) is 19.4 Å². The molecule has 214 valence electrons. The number of carbonyl (C=O) groups excluding carboxylic acids is 1. The number of amides is 1. The molecule has 1 fully saturated rings. The van der Waals surface area contributed by atoms with Gasteiger partial charge in [0.15, 0.2) is 21.3 Å². The number of hydroxylamine groups is 1. The van der Waals surface area contributed by atoms with Crippen LogP contribution in [0.25, 0.3) is 0 Å². The summed E-state index contributed by atoms with van der Waals surface area (Å²) >= 11 is 0. The van der Waals surface area contributed by atoms with Gasteiger partial charge in [0.2, 0.25) is 11.8 Å². The number of nitrogens with zero attached hydrogens (tertiary/aromatic N) is 1. The number of methoxy groups -OCH3 is 1. The Labute approximate surface area is 235 Å². The Hall–Kier alpha value is -3.63. The third-order valence-electron chi connectivity index (χ3n) is 7.08. The Morgan fingerprint density at radius 3 is 2.45 bits per heavy atom. The molecule has 2 N–H and O–H groups in total. The van der Waals surface area contributed by atoms with E-state index in [2.05, 4.69) is 4.98 Å². The number of carbonyl (C=O) groups is 1. The van der Waals surface area contributed by atoms with Crippen molar-refractivity contribution in [2.75, 3.05) is 7.11 Å². The lowest BCUT2D eigenvalue weighted by Gasteiger charge is -2.20. The van der Waals surface area contributed by atoms with Gasteiger partial charge in [0.05, 0.1) is 17.3 Å². The van der Waals surface area contributed by atoms with Crippen molar-refractivity contribution in [2.45, 2.75) is 73.7 Å². The summed E-state index contributed by atoms with van der Waals surface area (Å²) in [4.78, 5) is 16.3. The maximum absolute atomic E-state index is 13.7. The molecule has 0 radical (unpaired) electrons. The lowest BCUT2D eigenvalue weighted by Crippen LogP contribution is -2.30. The van der Waals surface area contributed by atoms with Gasteiger partial charge in [-0.2, -0.15) is 0 Å². The Balaban J connectivity index is 1.44. The van der Waals surface area contributed by atoms with E-state index in [1.807, 2.05) is 42.5 Å². The van der Waals surface area contributed by atoms with E-state index in [1.54, 1.807) is 23.8 Å². The number of hydrogen-bond donors (Lipinski definition) is 2. The summed E-state index contributed by atoms with van der Waals surface area (Å²) in [5, 5.41) is 8.08. The maximum atomic E-state index is 13.7. The van der Waals surface area contributed by atoms with Crippen LogP contribution in [0.2, 0.25) is 0 Å². The van der Waals surface area contributed by atoms with Gasteiger partial charge >= 0.3 is 0 Å². The van der Waals surface area contributed by atoms with Crippen molar-refractivity contribution in [3.8, 4) is 17.4 Å². The van der Waals surface area contributed by atoms with Crippen molar-refractivity contribution in [1.82, 2.24) is 10.5 Å². The summed E-state index contributed by atoms with van der Waals surface area (Å²) in [5.41, 5.74) is 2.74. The molecule has 4 rings (SSSR count). The number of rotatable bonds is 14. The van der Waals surface area contributed by atoms with Crippen LogP contribution >= 0.6 is 0 Å². The van der Waals surface area contributed by atoms with Crippen LogP contribution in [0.4, 0.5) is 0 Å². The first-order chi connectivity index (χ1) is 19.4. The molecular weight excluding hydrogens is 532 g/mol. The molecule has 1 unspecified atom stereocenters. The minimum atomic E-state index is -3.92. The first kappa shape index (κ1) is 29.4. The predicted molar refractivity (Wildman–Crippen MR) is 149 cm³/mol. The number of unbranched alkanes of at least 4 members (excludes halogenated alkanes) is 1. The molecule has 9 nitrogen and oxygen atoms in total. The monoisotopic (exact) mass is 568 g/mol. The molecule has 0 aliphatic heterocycles. The second-order valence-electron chi connectivity index (χ2n) is 9.91. The average molecular weight is 569 g/mol. The number of benzene rings is 2. The second kappa shape index (κ2) is 14.1. The molecule has 40 heavy (non-hydrogen) atoms. The molecule has 1 aromatic heterocycles. The molecule has 1 aliphatic carbocycles. The number of pyridine rings is 1. The smallest absolute Gasteiger partial charge is 0.244 e. The van der Waals surface area contributed by atoms with Crippen LogP contribution in [0.1, 0.15) is 50.5 Å². The topological polar surface area (TPSA) is 124 Å². The fourth-order valence-corrected chi connectivity index (χ4v) is 6.73. The second-order valence-corrected chi connectivity index (χ2v) is 12.1. The SMILES string of the molecule is COc1ccc(S(=O)(=O)C(CCCCc2ccccc2)CC(=O)NO)cc1O[C@@H]1CC[C@H](Oc2ccccn2)C1. The molecular formula is C30H36N2O7S. The fourth-order valence-electron chi connectivity index (χ4n) is 4.97. The third kappa shape index (κ3) is 7.95. The van der Waals surface area contributed by atoms with Gasteiger partial charge in [-0.1, -0.05) is 42.8 Å². The normalized spacial score (nSPS) is 17.6. The molecule has 1 aliphatic rings. The first-order valence-corrected chi connectivity index (χ1v) is 15.1. The van der Waals surface area contributed by atoms with Crippen LogP contribution in [0.15, 0.2) is 77.8 Å². The van der Waals surface area contributed by atoms with E-state index in [1.165, 1.54) is 24.8 Å². The van der Waals surface area contributed by atoms with Gasteiger partial charge in [0.25, 0.3) is 0 Å². The molecule has 10 heteroatoms. The van der Waals surface area contributed by atoms with E-state index in [-0.39, 0.29) is 29.9 Å². The molecule has 1 heterocycles. The lowest BCUT2D eigenvalue weighted by molar-refractivity contribution is -0.129. The van der Waals surface area contributed by atoms with Crippen LogP contribution in [0.3, 0.4) is 0 Å². The zero-order valence-electron chi connectivity index (χ0n) is 22.6. The molecule has 0 bridgehead atoms. The van der Waals surface area contributed by atoms with Crippen molar-refractivity contribution >= 4 is 15.7 Å². The van der Waals surface area contributed by atoms with Crippen LogP contribution < -0.4 is 19.7 Å². The van der Waals surface area contributed by atoms with Crippen LogP contribution in [0.5, 0.6) is 17.4 Å². The van der Waals surface area contributed by atoms with Crippen LogP contribution in [0, 0.1) is 0 Å². The van der Waals surface area contributed by atoms with Crippen molar-refractivity contribution in [3.63, 3.8) is 0 Å². The minimum Gasteiger partial charge on any atom is -0.493 e. The molecule has 0 spiro atoms. The highest BCUT2D eigenvalue weighted by atomic mass is 32.2. The number of ether oxygens (including phenoxy) is 3. The average Bonchev–Trinajstić information content (AvgIpc) is 3.41. The van der Waals surface area contributed by atoms with Gasteiger partial charge < -0.3 is 14.2 Å². The van der Waals surface area contributed by atoms with Gasteiger partial charge in [0.1, 0.15) is 12.2 Å². The zero-order chi connectivity index (χ0) is 28.4. The highest BCUT2D eigenvalue weighted by Gasteiger charge is 2.32. The predicted octanol–water partition coefficient (Wildman–Crippen LogP) is 4.92. The van der Waals surface area contributed by atoms with Gasteiger partial charge in [-0.05, 0) is 55.9 Å². The summed E-state index contributed by atoms with van der Waals surface area (Å²) in [6, 6.07) is 20.0. The molecule has 2 aromatic carbocycles. The Kier molecular flexibility index (Phi) is 10.4. The summed E-state index contributed by atoms with van der Waals surface area (Å²) in [7, 11) is -2.43. The quantitative estimate of drug-likeness (QED) is 0.160. The Morgan fingerprint density at radius 1 is 1.00 bits per heavy atom. The summed E-state index contributed by atoms with van der Waals surface area (Å²) in [5.74, 6) is 0.550. The molecule has 1 saturated carbocycles. The molecule has 3 atom stereocenters. The van der Waals surface area contributed by atoms with Gasteiger partial charge in [-0.3, -0.25) is 10.0 Å². The number of hydrogen-bond acceptors (Lipinski definition) is 8. The van der Waals surface area contributed by atoms with Crippen molar-refractivity contribution in [1.29, 1.82) is 0 Å². The molecule has 0 saturated heterocycles. The fraction of sp³-hybridized carbons (Fsp3) is 0.400. The summed E-state index contributed by atoms with van der Waals surface area (Å²) in [6.07, 6.45) is 5.70. The Bertz CT molecular complexity index is 1340. The van der Waals surface area contributed by atoms with Gasteiger partial charge in [-0.25, -0.2) is 18.9 Å². The summed E-state index contributed by atoms with van der Waals surface area (Å²) in [6.45, 7) is 0. The van der Waals surface area contributed by atoms with E-state index < -0.39 is 21.0 Å². The van der Waals surface area contributed by atoms with Crippen LogP contribution in [-0.2, 0) is 21.1 Å².